The van der Waals surface area contributed by atoms with Crippen LogP contribution in [0.15, 0.2) is 0 Å². The number of amides is 1. The molecule has 1 aliphatic carbocycles. The van der Waals surface area contributed by atoms with Gasteiger partial charge in [0.05, 0.1) is 0 Å². The fourth-order valence-electron chi connectivity index (χ4n) is 2.54. The number of nitrogens with zero attached hydrogens (tertiary/aromatic N) is 1. The molecule has 0 aromatic rings. The van der Waals surface area contributed by atoms with Gasteiger partial charge in [0.1, 0.15) is 5.75 Å². The van der Waals surface area contributed by atoms with Crippen molar-refractivity contribution in [1.29, 1.82) is 0 Å². The summed E-state index contributed by atoms with van der Waals surface area (Å²) in [5.74, 6) is 0.0964. The van der Waals surface area contributed by atoms with Gasteiger partial charge in [-0.05, 0) is 25.2 Å². The highest BCUT2D eigenvalue weighted by Gasteiger charge is 2.40. The molecule has 0 aromatic carbocycles. The van der Waals surface area contributed by atoms with Crippen LogP contribution < -0.4 is 0 Å². The van der Waals surface area contributed by atoms with Gasteiger partial charge in [-0.25, -0.2) is 8.42 Å². The molecule has 0 radical (unpaired) electrons. The van der Waals surface area contributed by atoms with Gasteiger partial charge in [-0.3, -0.25) is 4.79 Å². The summed E-state index contributed by atoms with van der Waals surface area (Å²) in [5.41, 5.74) is 0. The largest absolute Gasteiger partial charge is 0.339 e. The number of carbonyl (C=O) groups is 1. The van der Waals surface area contributed by atoms with E-state index in [0.29, 0.717) is 12.0 Å². The Morgan fingerprint density at radius 2 is 2.14 bits per heavy atom. The molecule has 2 rings (SSSR count). The molecule has 4 nitrogen and oxygen atoms in total. The molecular weight excluding hydrogens is 202 g/mol. The molecule has 1 heterocycles. The summed E-state index contributed by atoms with van der Waals surface area (Å²) >= 11 is 0. The van der Waals surface area contributed by atoms with Gasteiger partial charge in [0.2, 0.25) is 5.91 Å². The zero-order chi connectivity index (χ0) is 10.3. The highest BCUT2D eigenvalue weighted by molar-refractivity contribution is 7.91. The molecule has 5 heteroatoms. The Morgan fingerprint density at radius 3 is 2.57 bits per heavy atom. The van der Waals surface area contributed by atoms with Crippen molar-refractivity contribution in [3.05, 3.63) is 0 Å². The second kappa shape index (κ2) is 3.22. The van der Waals surface area contributed by atoms with Crippen molar-refractivity contribution in [3.63, 3.8) is 0 Å². The fourth-order valence-corrected chi connectivity index (χ4v) is 3.15. The Balaban J connectivity index is 2.00. The molecule has 0 spiro atoms. The smallest absolute Gasteiger partial charge is 0.238 e. The fraction of sp³-hybridized carbons (Fsp3) is 0.889. The van der Waals surface area contributed by atoms with Gasteiger partial charge in [-0.15, -0.1) is 0 Å². The standard InChI is InChI=1S/C9H15NO3S/c1-14(12,13)6-9(11)10-5-7-2-3-8(10)4-7/h7-8H,2-6H2,1H3. The third-order valence-corrected chi connectivity index (χ3v) is 3.89. The predicted octanol–water partition coefficient (Wildman–Crippen LogP) is 0.0419. The van der Waals surface area contributed by atoms with Crippen LogP contribution in [0.2, 0.25) is 0 Å². The van der Waals surface area contributed by atoms with Crippen LogP contribution in [0.1, 0.15) is 19.3 Å². The summed E-state index contributed by atoms with van der Waals surface area (Å²) in [5, 5.41) is 0. The lowest BCUT2D eigenvalue weighted by Crippen LogP contribution is -2.40. The summed E-state index contributed by atoms with van der Waals surface area (Å²) in [4.78, 5) is 13.4. The SMILES string of the molecule is CS(=O)(=O)CC(=O)N1CC2CCC1C2. The van der Waals surface area contributed by atoms with Gasteiger partial charge in [0.15, 0.2) is 9.84 Å². The Bertz CT molecular complexity index is 349. The monoisotopic (exact) mass is 217 g/mol. The first-order valence-corrected chi connectivity index (χ1v) is 6.99. The average Bonchev–Trinajstić information content (AvgIpc) is 2.59. The van der Waals surface area contributed by atoms with E-state index in [1.165, 1.54) is 6.42 Å². The van der Waals surface area contributed by atoms with Crippen molar-refractivity contribution in [3.8, 4) is 0 Å². The number of rotatable bonds is 2. The van der Waals surface area contributed by atoms with Crippen LogP contribution >= 0.6 is 0 Å². The molecule has 2 bridgehead atoms. The van der Waals surface area contributed by atoms with Crippen LogP contribution in [0.4, 0.5) is 0 Å². The first kappa shape index (κ1) is 9.96. The molecule has 2 aliphatic rings. The number of likely N-dealkylation sites (tertiary alicyclic amines) is 1. The van der Waals surface area contributed by atoms with Gasteiger partial charge >= 0.3 is 0 Å². The van der Waals surface area contributed by atoms with E-state index in [1.807, 2.05) is 0 Å². The highest BCUT2D eigenvalue weighted by atomic mass is 32.2. The number of carbonyl (C=O) groups excluding carboxylic acids is 1. The van der Waals surface area contributed by atoms with E-state index < -0.39 is 9.84 Å². The van der Waals surface area contributed by atoms with Crippen LogP contribution in [-0.4, -0.2) is 43.8 Å². The van der Waals surface area contributed by atoms with E-state index in [4.69, 9.17) is 0 Å². The van der Waals surface area contributed by atoms with Gasteiger partial charge in [0, 0.05) is 18.8 Å². The molecule has 0 aromatic heterocycles. The summed E-state index contributed by atoms with van der Waals surface area (Å²) < 4.78 is 21.9. The van der Waals surface area contributed by atoms with Crippen molar-refractivity contribution in [2.45, 2.75) is 25.3 Å². The van der Waals surface area contributed by atoms with Crippen LogP contribution in [0, 0.1) is 5.92 Å². The quantitative estimate of drug-likeness (QED) is 0.656. The van der Waals surface area contributed by atoms with Gasteiger partial charge in [-0.2, -0.15) is 0 Å². The third kappa shape index (κ3) is 1.92. The molecular formula is C9H15NO3S. The van der Waals surface area contributed by atoms with Crippen molar-refractivity contribution >= 4 is 15.7 Å². The Hall–Kier alpha value is -0.580. The molecule has 2 atom stereocenters. The van der Waals surface area contributed by atoms with Crippen LogP contribution in [0.25, 0.3) is 0 Å². The number of fused-ring (bicyclic) bond motifs is 2. The topological polar surface area (TPSA) is 54.5 Å². The molecule has 2 unspecified atom stereocenters. The lowest BCUT2D eigenvalue weighted by atomic mass is 10.1. The Labute approximate surface area is 84.2 Å². The van der Waals surface area contributed by atoms with Crippen molar-refractivity contribution in [2.75, 3.05) is 18.6 Å². The van der Waals surface area contributed by atoms with Crippen LogP contribution in [0.3, 0.4) is 0 Å². The number of sulfone groups is 1. The molecule has 14 heavy (non-hydrogen) atoms. The normalized spacial score (nSPS) is 31.1. The lowest BCUT2D eigenvalue weighted by molar-refractivity contribution is -0.130. The highest BCUT2D eigenvalue weighted by Crippen LogP contribution is 2.37. The minimum Gasteiger partial charge on any atom is -0.339 e. The zero-order valence-electron chi connectivity index (χ0n) is 8.27. The Morgan fingerprint density at radius 1 is 1.43 bits per heavy atom. The van der Waals surface area contributed by atoms with Crippen molar-refractivity contribution in [2.24, 2.45) is 5.92 Å². The number of hydrogen-bond donors (Lipinski definition) is 0. The second-order valence-electron chi connectivity index (χ2n) is 4.45. The Kier molecular flexibility index (Phi) is 2.29. The maximum Gasteiger partial charge on any atom is 0.238 e. The molecule has 1 aliphatic heterocycles. The van der Waals surface area contributed by atoms with E-state index in [-0.39, 0.29) is 11.7 Å². The van der Waals surface area contributed by atoms with Gasteiger partial charge < -0.3 is 4.90 Å². The van der Waals surface area contributed by atoms with E-state index >= 15 is 0 Å². The molecule has 0 N–H and O–H groups in total. The predicted molar refractivity (Wildman–Crippen MR) is 52.6 cm³/mol. The first-order chi connectivity index (χ1) is 6.46. The molecule has 1 amide bonds. The minimum absolute atomic E-state index is 0.209. The maximum absolute atomic E-state index is 11.6. The summed E-state index contributed by atoms with van der Waals surface area (Å²) in [6.07, 6.45) is 4.45. The molecule has 1 saturated carbocycles. The van der Waals surface area contributed by atoms with Crippen molar-refractivity contribution in [1.82, 2.24) is 4.90 Å². The molecule has 80 valence electrons. The number of piperidine rings is 1. The van der Waals surface area contributed by atoms with Gasteiger partial charge in [0.25, 0.3) is 0 Å². The second-order valence-corrected chi connectivity index (χ2v) is 6.59. The number of hydrogen-bond acceptors (Lipinski definition) is 3. The van der Waals surface area contributed by atoms with Crippen molar-refractivity contribution < 1.29 is 13.2 Å². The first-order valence-electron chi connectivity index (χ1n) is 4.93. The van der Waals surface area contributed by atoms with Gasteiger partial charge in [-0.1, -0.05) is 0 Å². The van der Waals surface area contributed by atoms with E-state index in [2.05, 4.69) is 0 Å². The lowest BCUT2D eigenvalue weighted by Gasteiger charge is -2.26. The summed E-state index contributed by atoms with van der Waals surface area (Å²) in [6.45, 7) is 0.777. The summed E-state index contributed by atoms with van der Waals surface area (Å²) in [6, 6.07) is 0.328. The van der Waals surface area contributed by atoms with Crippen LogP contribution in [-0.2, 0) is 14.6 Å². The average molecular weight is 217 g/mol. The zero-order valence-corrected chi connectivity index (χ0v) is 9.09. The molecule has 2 fully saturated rings. The van der Waals surface area contributed by atoms with E-state index in [1.54, 1.807) is 4.90 Å². The third-order valence-electron chi connectivity index (χ3n) is 3.12. The molecule has 1 saturated heterocycles. The minimum atomic E-state index is -3.17. The maximum atomic E-state index is 11.6. The van der Waals surface area contributed by atoms with Crippen LogP contribution in [0.5, 0.6) is 0 Å². The summed E-state index contributed by atoms with van der Waals surface area (Å²) in [7, 11) is -3.17. The van der Waals surface area contributed by atoms with E-state index in [9.17, 15) is 13.2 Å². The van der Waals surface area contributed by atoms with E-state index in [0.717, 1.165) is 25.6 Å².